The van der Waals surface area contributed by atoms with E-state index in [1.54, 1.807) is 13.0 Å². The number of hydrogen-bond acceptors (Lipinski definition) is 6. The average molecular weight is 454 g/mol. The first-order valence-corrected chi connectivity index (χ1v) is 12.5. The van der Waals surface area contributed by atoms with Gasteiger partial charge in [-0.3, -0.25) is 0 Å². The van der Waals surface area contributed by atoms with Crippen LogP contribution in [0.15, 0.2) is 52.3 Å². The van der Waals surface area contributed by atoms with Crippen LogP contribution in [0.25, 0.3) is 0 Å². The summed E-state index contributed by atoms with van der Waals surface area (Å²) >= 11 is 0. The number of rotatable bonds is 5. The highest BCUT2D eigenvalue weighted by atomic mass is 32.2. The fraction of sp³-hybridized carbons (Fsp3) is 0.429. The first-order valence-electron chi connectivity index (χ1n) is 9.65. The molecule has 2 aromatic rings. The van der Waals surface area contributed by atoms with Crippen LogP contribution in [0.3, 0.4) is 0 Å². The van der Waals surface area contributed by atoms with Crippen LogP contribution in [-0.2, 0) is 30.3 Å². The third-order valence-electron chi connectivity index (χ3n) is 4.96. The lowest BCUT2D eigenvalue weighted by Crippen LogP contribution is -2.40. The first kappa shape index (κ1) is 22.7. The zero-order valence-corrected chi connectivity index (χ0v) is 19.2. The third-order valence-corrected chi connectivity index (χ3v) is 8.12. The highest BCUT2D eigenvalue weighted by Gasteiger charge is 2.27. The molecule has 0 radical (unpaired) electrons. The van der Waals surface area contributed by atoms with Gasteiger partial charge in [0.1, 0.15) is 10.6 Å². The Kier molecular flexibility index (Phi) is 6.29. The first-order chi connectivity index (χ1) is 13.9. The van der Waals surface area contributed by atoms with Gasteiger partial charge < -0.3 is 8.92 Å². The van der Waals surface area contributed by atoms with Gasteiger partial charge in [-0.05, 0) is 53.8 Å². The van der Waals surface area contributed by atoms with Crippen LogP contribution >= 0.6 is 0 Å². The standard InChI is InChI=1S/C21H27NO6S2/c1-16-15-17(21(2,3)4)5-10-20(16)28-30(25,26)19-8-6-18(7-9-19)29(23,24)22-11-13-27-14-12-22/h5-10,15H,11-14H2,1-4H3. The summed E-state index contributed by atoms with van der Waals surface area (Å²) in [7, 11) is -7.79. The largest absolute Gasteiger partial charge is 0.379 e. The summed E-state index contributed by atoms with van der Waals surface area (Å²) in [5.74, 6) is 0.244. The van der Waals surface area contributed by atoms with E-state index in [2.05, 4.69) is 20.8 Å². The molecule has 7 nitrogen and oxygen atoms in total. The maximum absolute atomic E-state index is 12.7. The number of ether oxygens (including phenoxy) is 1. The Morgan fingerprint density at radius 2 is 1.47 bits per heavy atom. The Morgan fingerprint density at radius 1 is 0.900 bits per heavy atom. The minimum absolute atomic E-state index is 0.0362. The van der Waals surface area contributed by atoms with E-state index in [-0.39, 0.29) is 34.0 Å². The summed E-state index contributed by atoms with van der Waals surface area (Å²) in [5.41, 5.74) is 1.71. The lowest BCUT2D eigenvalue weighted by atomic mass is 9.86. The van der Waals surface area contributed by atoms with Gasteiger partial charge >= 0.3 is 10.1 Å². The molecule has 3 rings (SSSR count). The lowest BCUT2D eigenvalue weighted by Gasteiger charge is -2.26. The Bertz CT molecular complexity index is 1110. The fourth-order valence-corrected chi connectivity index (χ4v) is 5.49. The molecule has 1 fully saturated rings. The van der Waals surface area contributed by atoms with Crippen molar-refractivity contribution in [3.8, 4) is 5.75 Å². The molecule has 9 heteroatoms. The van der Waals surface area contributed by atoms with Crippen molar-refractivity contribution in [3.63, 3.8) is 0 Å². The quantitative estimate of drug-likeness (QED) is 0.647. The number of benzene rings is 2. The van der Waals surface area contributed by atoms with E-state index < -0.39 is 20.1 Å². The SMILES string of the molecule is Cc1cc(C(C)(C)C)ccc1OS(=O)(=O)c1ccc(S(=O)(=O)N2CCOCC2)cc1. The van der Waals surface area contributed by atoms with Crippen LogP contribution in [0.2, 0.25) is 0 Å². The molecule has 0 N–H and O–H groups in total. The van der Waals surface area contributed by atoms with Crippen LogP contribution in [0, 0.1) is 6.92 Å². The van der Waals surface area contributed by atoms with Gasteiger partial charge in [-0.25, -0.2) is 8.42 Å². The molecule has 1 aliphatic rings. The van der Waals surface area contributed by atoms with Gasteiger partial charge in [-0.15, -0.1) is 0 Å². The molecule has 2 aromatic carbocycles. The van der Waals surface area contributed by atoms with E-state index in [1.807, 2.05) is 12.1 Å². The maximum atomic E-state index is 12.7. The van der Waals surface area contributed by atoms with Crippen molar-refractivity contribution in [2.45, 2.75) is 42.9 Å². The topological polar surface area (TPSA) is 90.0 Å². The number of sulfonamides is 1. The summed E-state index contributed by atoms with van der Waals surface area (Å²) in [6, 6.07) is 10.5. The van der Waals surface area contributed by atoms with Crippen molar-refractivity contribution in [2.75, 3.05) is 26.3 Å². The third kappa shape index (κ3) is 4.85. The van der Waals surface area contributed by atoms with Crippen molar-refractivity contribution in [3.05, 3.63) is 53.6 Å². The molecule has 1 aliphatic heterocycles. The second kappa shape index (κ2) is 8.30. The highest BCUT2D eigenvalue weighted by Crippen LogP contribution is 2.29. The van der Waals surface area contributed by atoms with Gasteiger partial charge in [0.15, 0.2) is 0 Å². The van der Waals surface area contributed by atoms with E-state index in [1.165, 1.54) is 28.6 Å². The van der Waals surface area contributed by atoms with Crippen molar-refractivity contribution in [1.82, 2.24) is 4.31 Å². The number of hydrogen-bond donors (Lipinski definition) is 0. The van der Waals surface area contributed by atoms with Crippen molar-refractivity contribution in [2.24, 2.45) is 0 Å². The predicted octanol–water partition coefficient (Wildman–Crippen LogP) is 3.08. The highest BCUT2D eigenvalue weighted by molar-refractivity contribution is 7.89. The summed E-state index contributed by atoms with van der Waals surface area (Å²) in [6.45, 7) is 9.24. The minimum Gasteiger partial charge on any atom is -0.379 e. The molecule has 0 bridgehead atoms. The molecule has 30 heavy (non-hydrogen) atoms. The van der Waals surface area contributed by atoms with Crippen LogP contribution in [0.1, 0.15) is 31.9 Å². The maximum Gasteiger partial charge on any atom is 0.339 e. The molecule has 0 saturated carbocycles. The van der Waals surface area contributed by atoms with E-state index in [0.717, 1.165) is 5.56 Å². The molecule has 0 aliphatic carbocycles. The molecular formula is C21H27NO6S2. The molecule has 0 amide bonds. The predicted molar refractivity (Wildman–Crippen MR) is 114 cm³/mol. The van der Waals surface area contributed by atoms with E-state index in [9.17, 15) is 16.8 Å². The van der Waals surface area contributed by atoms with Crippen molar-refractivity contribution in [1.29, 1.82) is 0 Å². The van der Waals surface area contributed by atoms with Crippen LogP contribution in [-0.4, -0.2) is 47.4 Å². The molecule has 164 valence electrons. The number of aryl methyl sites for hydroxylation is 1. The zero-order chi connectivity index (χ0) is 22.2. The lowest BCUT2D eigenvalue weighted by molar-refractivity contribution is 0.0730. The molecular weight excluding hydrogens is 426 g/mol. The van der Waals surface area contributed by atoms with Crippen LogP contribution < -0.4 is 4.18 Å². The van der Waals surface area contributed by atoms with Crippen molar-refractivity contribution < 1.29 is 25.8 Å². The van der Waals surface area contributed by atoms with Crippen LogP contribution in [0.5, 0.6) is 5.75 Å². The smallest absolute Gasteiger partial charge is 0.339 e. The monoisotopic (exact) mass is 453 g/mol. The Hall–Kier alpha value is -1.94. The minimum atomic E-state index is -4.10. The van der Waals surface area contributed by atoms with Crippen LogP contribution in [0.4, 0.5) is 0 Å². The molecule has 0 spiro atoms. The van der Waals surface area contributed by atoms with Gasteiger partial charge in [-0.2, -0.15) is 12.7 Å². The van der Waals surface area contributed by atoms with E-state index in [0.29, 0.717) is 18.8 Å². The summed E-state index contributed by atoms with van der Waals surface area (Å²) in [5, 5.41) is 0. The normalized spacial score (nSPS) is 16.4. The Balaban J connectivity index is 1.82. The number of morpholine rings is 1. The Morgan fingerprint density at radius 3 is 2.00 bits per heavy atom. The van der Waals surface area contributed by atoms with Gasteiger partial charge in [0.25, 0.3) is 0 Å². The fourth-order valence-electron chi connectivity index (χ4n) is 3.09. The molecule has 1 saturated heterocycles. The summed E-state index contributed by atoms with van der Waals surface area (Å²) < 4.78 is 62.6. The Labute approximate surface area is 178 Å². The number of nitrogens with zero attached hydrogens (tertiary/aromatic N) is 1. The molecule has 0 aromatic heterocycles. The second-order valence-corrected chi connectivity index (χ2v) is 11.7. The van der Waals surface area contributed by atoms with Crippen molar-refractivity contribution >= 4 is 20.1 Å². The van der Waals surface area contributed by atoms with Gasteiger partial charge in [0.05, 0.1) is 18.1 Å². The average Bonchev–Trinajstić information content (AvgIpc) is 2.69. The zero-order valence-electron chi connectivity index (χ0n) is 17.6. The summed E-state index contributed by atoms with van der Waals surface area (Å²) in [4.78, 5) is -0.0724. The second-order valence-electron chi connectivity index (χ2n) is 8.26. The van der Waals surface area contributed by atoms with Gasteiger partial charge in [0.2, 0.25) is 10.0 Å². The van der Waals surface area contributed by atoms with E-state index in [4.69, 9.17) is 8.92 Å². The van der Waals surface area contributed by atoms with Gasteiger partial charge in [0, 0.05) is 13.1 Å². The molecule has 1 heterocycles. The van der Waals surface area contributed by atoms with E-state index >= 15 is 0 Å². The van der Waals surface area contributed by atoms with Gasteiger partial charge in [-0.1, -0.05) is 32.9 Å². The summed E-state index contributed by atoms with van der Waals surface area (Å²) in [6.07, 6.45) is 0. The molecule has 0 atom stereocenters. The molecule has 0 unspecified atom stereocenters.